The second kappa shape index (κ2) is 5.19. The molecule has 0 spiro atoms. The van der Waals surface area contributed by atoms with Crippen molar-refractivity contribution >= 4 is 12.6 Å². The molecule has 4 heteroatoms. The molecule has 0 aliphatic rings. The molecule has 2 aromatic rings. The average Bonchev–Trinajstić information content (AvgIpc) is 2.40. The van der Waals surface area contributed by atoms with Crippen molar-refractivity contribution in [1.82, 2.24) is 0 Å². The van der Waals surface area contributed by atoms with E-state index in [2.05, 4.69) is 0 Å². The fourth-order valence-corrected chi connectivity index (χ4v) is 1.45. The molecule has 0 aliphatic heterocycles. The maximum Gasteiger partial charge on any atom is 0.560 e. The monoisotopic (exact) mass is 223 g/mol. The van der Waals surface area contributed by atoms with Crippen LogP contribution < -0.4 is 10.1 Å². The Balaban J connectivity index is 2.13. The van der Waals surface area contributed by atoms with Gasteiger partial charge in [0.05, 0.1) is 11.6 Å². The Labute approximate surface area is 100 Å². The van der Waals surface area contributed by atoms with Gasteiger partial charge >= 0.3 is 7.12 Å². The van der Waals surface area contributed by atoms with Gasteiger partial charge < -0.3 is 9.68 Å². The number of hydrogen-bond acceptors (Lipinski definition) is 3. The Kier molecular flexibility index (Phi) is 3.44. The van der Waals surface area contributed by atoms with E-state index < -0.39 is 7.12 Å². The number of hydrogen-bond donors (Lipinski definition) is 1. The molecule has 0 bridgehead atoms. The minimum absolute atomic E-state index is 0.473. The van der Waals surface area contributed by atoms with Crippen LogP contribution in [0.3, 0.4) is 0 Å². The van der Waals surface area contributed by atoms with Crippen LogP contribution in [-0.2, 0) is 0 Å². The predicted molar refractivity (Wildman–Crippen MR) is 65.8 cm³/mol. The Morgan fingerprint density at radius 3 is 2.53 bits per heavy atom. The van der Waals surface area contributed by atoms with E-state index in [0.717, 1.165) is 0 Å². The maximum absolute atomic E-state index is 9.83. The summed E-state index contributed by atoms with van der Waals surface area (Å²) in [6.07, 6.45) is 0. The predicted octanol–water partition coefficient (Wildman–Crippen LogP) is 1.32. The van der Waals surface area contributed by atoms with Crippen molar-refractivity contribution in [3.63, 3.8) is 0 Å². The number of nitrogens with zero attached hydrogens (tertiary/aromatic N) is 1. The van der Waals surface area contributed by atoms with E-state index in [1.54, 1.807) is 36.4 Å². The largest absolute Gasteiger partial charge is 0.560 e. The molecule has 0 saturated carbocycles. The maximum atomic E-state index is 9.83. The van der Waals surface area contributed by atoms with E-state index in [-0.39, 0.29) is 0 Å². The molecule has 1 N–H and O–H groups in total. The van der Waals surface area contributed by atoms with Crippen LogP contribution in [0.1, 0.15) is 5.56 Å². The molecule has 0 amide bonds. The molecular formula is C13H10BNO2. The lowest BCUT2D eigenvalue weighted by molar-refractivity contribution is 0.432. The second-order valence-corrected chi connectivity index (χ2v) is 3.52. The minimum atomic E-state index is -1.02. The van der Waals surface area contributed by atoms with E-state index in [1.807, 2.05) is 24.3 Å². The first-order valence-corrected chi connectivity index (χ1v) is 5.19. The third-order valence-electron chi connectivity index (χ3n) is 2.30. The lowest BCUT2D eigenvalue weighted by Crippen LogP contribution is -2.36. The molecule has 0 unspecified atom stereocenters. The van der Waals surface area contributed by atoms with E-state index in [0.29, 0.717) is 16.8 Å². The van der Waals surface area contributed by atoms with Gasteiger partial charge in [0, 0.05) is 0 Å². The summed E-state index contributed by atoms with van der Waals surface area (Å²) in [7, 11) is -1.02. The molecule has 0 saturated heterocycles. The SMILES string of the molecule is N#Cc1cccc(OB(O)c2ccccc2)c1. The highest BCUT2D eigenvalue weighted by atomic mass is 16.5. The molecule has 0 aliphatic carbocycles. The molecule has 2 aromatic carbocycles. The number of nitriles is 1. The molecule has 0 fully saturated rings. The van der Waals surface area contributed by atoms with Crippen molar-refractivity contribution in [3.8, 4) is 11.8 Å². The van der Waals surface area contributed by atoms with Gasteiger partial charge in [-0.15, -0.1) is 0 Å². The molecule has 0 atom stereocenters. The summed E-state index contributed by atoms with van der Waals surface area (Å²) in [6.45, 7) is 0. The lowest BCUT2D eigenvalue weighted by atomic mass is 9.79. The van der Waals surface area contributed by atoms with Gasteiger partial charge in [-0.2, -0.15) is 5.26 Å². The highest BCUT2D eigenvalue weighted by Crippen LogP contribution is 2.12. The highest BCUT2D eigenvalue weighted by Gasteiger charge is 2.17. The van der Waals surface area contributed by atoms with E-state index in [4.69, 9.17) is 9.92 Å². The van der Waals surface area contributed by atoms with Crippen LogP contribution in [0.4, 0.5) is 0 Å². The normalized spacial score (nSPS) is 9.41. The van der Waals surface area contributed by atoms with Crippen LogP contribution in [0, 0.1) is 11.3 Å². The molecule has 0 radical (unpaired) electrons. The van der Waals surface area contributed by atoms with Crippen molar-refractivity contribution < 1.29 is 9.68 Å². The molecular weight excluding hydrogens is 213 g/mol. The van der Waals surface area contributed by atoms with E-state index in [9.17, 15) is 5.02 Å². The average molecular weight is 223 g/mol. The lowest BCUT2D eigenvalue weighted by Gasteiger charge is -2.09. The summed E-state index contributed by atoms with van der Waals surface area (Å²) in [5.74, 6) is 0.473. The summed E-state index contributed by atoms with van der Waals surface area (Å²) in [6, 6.07) is 17.8. The Morgan fingerprint density at radius 1 is 1.06 bits per heavy atom. The van der Waals surface area contributed by atoms with Gasteiger partial charge in [-0.3, -0.25) is 0 Å². The topological polar surface area (TPSA) is 53.2 Å². The zero-order chi connectivity index (χ0) is 12.1. The first-order valence-electron chi connectivity index (χ1n) is 5.19. The smallest absolute Gasteiger partial charge is 0.532 e. The van der Waals surface area contributed by atoms with Crippen molar-refractivity contribution in [2.45, 2.75) is 0 Å². The Hall–Kier alpha value is -2.25. The van der Waals surface area contributed by atoms with Crippen LogP contribution in [0.5, 0.6) is 5.75 Å². The molecule has 2 rings (SSSR count). The second-order valence-electron chi connectivity index (χ2n) is 3.52. The zero-order valence-corrected chi connectivity index (χ0v) is 9.08. The fourth-order valence-electron chi connectivity index (χ4n) is 1.45. The van der Waals surface area contributed by atoms with E-state index >= 15 is 0 Å². The fraction of sp³-hybridized carbons (Fsp3) is 0. The van der Waals surface area contributed by atoms with Crippen LogP contribution in [0.15, 0.2) is 54.6 Å². The van der Waals surface area contributed by atoms with Crippen LogP contribution in [-0.4, -0.2) is 12.1 Å². The van der Waals surface area contributed by atoms with Gasteiger partial charge in [-0.25, -0.2) is 0 Å². The van der Waals surface area contributed by atoms with Gasteiger partial charge in [0.1, 0.15) is 5.75 Å². The standard InChI is InChI=1S/C13H10BNO2/c15-10-11-5-4-8-13(9-11)17-14(16)12-6-2-1-3-7-12/h1-9,16H. The third kappa shape index (κ3) is 2.87. The summed E-state index contributed by atoms with van der Waals surface area (Å²) < 4.78 is 5.35. The quantitative estimate of drug-likeness (QED) is 0.798. The minimum Gasteiger partial charge on any atom is -0.532 e. The molecule has 82 valence electrons. The van der Waals surface area contributed by atoms with Gasteiger partial charge in [0.2, 0.25) is 0 Å². The number of rotatable bonds is 3. The van der Waals surface area contributed by atoms with Crippen molar-refractivity contribution in [1.29, 1.82) is 5.26 Å². The third-order valence-corrected chi connectivity index (χ3v) is 2.30. The molecule has 3 nitrogen and oxygen atoms in total. The van der Waals surface area contributed by atoms with Gasteiger partial charge in [0.25, 0.3) is 0 Å². The summed E-state index contributed by atoms with van der Waals surface area (Å²) >= 11 is 0. The first-order chi connectivity index (χ1) is 8.29. The van der Waals surface area contributed by atoms with Gasteiger partial charge in [-0.1, -0.05) is 36.4 Å². The number of benzene rings is 2. The van der Waals surface area contributed by atoms with Crippen molar-refractivity contribution in [2.24, 2.45) is 0 Å². The van der Waals surface area contributed by atoms with E-state index in [1.165, 1.54) is 0 Å². The van der Waals surface area contributed by atoms with Crippen LogP contribution >= 0.6 is 0 Å². The molecule has 17 heavy (non-hydrogen) atoms. The summed E-state index contributed by atoms with van der Waals surface area (Å²) in [5.41, 5.74) is 1.18. The van der Waals surface area contributed by atoms with Crippen LogP contribution in [0.25, 0.3) is 0 Å². The zero-order valence-electron chi connectivity index (χ0n) is 9.08. The van der Waals surface area contributed by atoms with Gasteiger partial charge in [-0.05, 0) is 23.7 Å². The van der Waals surface area contributed by atoms with Gasteiger partial charge in [0.15, 0.2) is 0 Å². The summed E-state index contributed by atoms with van der Waals surface area (Å²) in [5, 5.41) is 18.6. The van der Waals surface area contributed by atoms with Crippen molar-refractivity contribution in [2.75, 3.05) is 0 Å². The Bertz CT molecular complexity index is 537. The van der Waals surface area contributed by atoms with Crippen molar-refractivity contribution in [3.05, 3.63) is 60.2 Å². The highest BCUT2D eigenvalue weighted by molar-refractivity contribution is 6.60. The Morgan fingerprint density at radius 2 is 1.82 bits per heavy atom. The molecule has 0 aromatic heterocycles. The van der Waals surface area contributed by atoms with Crippen LogP contribution in [0.2, 0.25) is 0 Å². The molecule has 0 heterocycles. The summed E-state index contributed by atoms with van der Waals surface area (Å²) in [4.78, 5) is 0. The first kappa shape index (κ1) is 11.2.